The molecular formula is C23H27N3O6S. The van der Waals surface area contributed by atoms with Crippen LogP contribution in [0.1, 0.15) is 6.42 Å². The molecule has 0 saturated carbocycles. The molecule has 3 aromatic rings. The molecule has 0 amide bonds. The summed E-state index contributed by atoms with van der Waals surface area (Å²) in [6.45, 7) is 2.16. The van der Waals surface area contributed by atoms with Crippen LogP contribution >= 0.6 is 0 Å². The van der Waals surface area contributed by atoms with Crippen LogP contribution in [0.15, 0.2) is 56.8 Å². The molecule has 2 aromatic carbocycles. The van der Waals surface area contributed by atoms with E-state index in [9.17, 15) is 8.42 Å². The predicted octanol–water partition coefficient (Wildman–Crippen LogP) is 3.32. The standard InChI is InChI=1S/C23H27N3O6S/c1-26(2)12-4-11-24-22-23(25-21(32-22)16-5-7-17(29-3)8-6-16)33(27,28)18-9-10-19-20(15-18)31-14-13-30-19/h5-10,15,24H,4,11-14H2,1-3H3. The summed E-state index contributed by atoms with van der Waals surface area (Å²) < 4.78 is 49.2. The first-order valence-electron chi connectivity index (χ1n) is 10.6. The maximum atomic E-state index is 13.5. The summed E-state index contributed by atoms with van der Waals surface area (Å²) in [7, 11) is 1.54. The number of nitrogens with zero attached hydrogens (tertiary/aromatic N) is 2. The first kappa shape index (κ1) is 22.9. The summed E-state index contributed by atoms with van der Waals surface area (Å²) in [6, 6.07) is 11.6. The smallest absolute Gasteiger partial charge is 0.233 e. The average Bonchev–Trinajstić information content (AvgIpc) is 3.26. The van der Waals surface area contributed by atoms with Crippen molar-refractivity contribution >= 4 is 15.7 Å². The van der Waals surface area contributed by atoms with Gasteiger partial charge in [0.05, 0.1) is 12.0 Å². The molecule has 9 nitrogen and oxygen atoms in total. The zero-order valence-electron chi connectivity index (χ0n) is 18.8. The van der Waals surface area contributed by atoms with Crippen molar-refractivity contribution in [2.45, 2.75) is 16.3 Å². The highest BCUT2D eigenvalue weighted by Gasteiger charge is 2.30. The van der Waals surface area contributed by atoms with Crippen molar-refractivity contribution in [3.63, 3.8) is 0 Å². The number of methoxy groups -OCH3 is 1. The minimum Gasteiger partial charge on any atom is -0.497 e. The van der Waals surface area contributed by atoms with Gasteiger partial charge >= 0.3 is 0 Å². The fourth-order valence-corrected chi connectivity index (χ4v) is 4.65. The SMILES string of the molecule is COc1ccc(-c2nc(S(=O)(=O)c3ccc4c(c3)OCCO4)c(NCCCN(C)C)o2)cc1. The third-order valence-corrected chi connectivity index (χ3v) is 6.74. The highest BCUT2D eigenvalue weighted by molar-refractivity contribution is 7.91. The van der Waals surface area contributed by atoms with Crippen LogP contribution in [0.25, 0.3) is 11.5 Å². The maximum absolute atomic E-state index is 13.5. The number of nitrogens with one attached hydrogen (secondary N) is 1. The third kappa shape index (κ3) is 5.07. The van der Waals surface area contributed by atoms with Crippen molar-refractivity contribution < 1.29 is 27.0 Å². The Balaban J connectivity index is 1.70. The van der Waals surface area contributed by atoms with Gasteiger partial charge in [-0.1, -0.05) is 0 Å². The molecule has 0 unspecified atom stereocenters. The molecule has 0 radical (unpaired) electrons. The Bertz CT molecular complexity index is 1210. The summed E-state index contributed by atoms with van der Waals surface area (Å²) in [4.78, 5) is 6.48. The fourth-order valence-electron chi connectivity index (χ4n) is 3.36. The summed E-state index contributed by atoms with van der Waals surface area (Å²) >= 11 is 0. The molecule has 0 spiro atoms. The van der Waals surface area contributed by atoms with Gasteiger partial charge in [-0.2, -0.15) is 4.98 Å². The summed E-state index contributed by atoms with van der Waals surface area (Å²) in [5.41, 5.74) is 0.635. The number of ether oxygens (including phenoxy) is 3. The molecule has 1 aliphatic heterocycles. The zero-order chi connectivity index (χ0) is 23.4. The van der Waals surface area contributed by atoms with Gasteiger partial charge in [-0.15, -0.1) is 0 Å². The number of hydrogen-bond acceptors (Lipinski definition) is 9. The molecule has 0 atom stereocenters. The van der Waals surface area contributed by atoms with Crippen LogP contribution in [0.2, 0.25) is 0 Å². The minimum absolute atomic E-state index is 0.0534. The van der Waals surface area contributed by atoms with Crippen LogP contribution in [0, 0.1) is 0 Å². The number of oxazole rings is 1. The molecule has 0 bridgehead atoms. The summed E-state index contributed by atoms with van der Waals surface area (Å²) in [5, 5.41) is 2.93. The second kappa shape index (κ2) is 9.72. The number of hydrogen-bond donors (Lipinski definition) is 1. The van der Waals surface area contributed by atoms with Crippen LogP contribution < -0.4 is 19.5 Å². The molecule has 1 N–H and O–H groups in total. The lowest BCUT2D eigenvalue weighted by atomic mass is 10.2. The van der Waals surface area contributed by atoms with Gasteiger partial charge in [-0.3, -0.25) is 0 Å². The van der Waals surface area contributed by atoms with Crippen molar-refractivity contribution in [1.29, 1.82) is 0 Å². The average molecular weight is 474 g/mol. The maximum Gasteiger partial charge on any atom is 0.233 e. The topological polar surface area (TPSA) is 103 Å². The van der Waals surface area contributed by atoms with E-state index in [-0.39, 0.29) is 21.7 Å². The molecule has 1 aliphatic rings. The number of sulfone groups is 1. The van der Waals surface area contributed by atoms with Crippen LogP contribution in [-0.2, 0) is 9.84 Å². The van der Waals surface area contributed by atoms with E-state index in [0.29, 0.717) is 42.6 Å². The van der Waals surface area contributed by atoms with Crippen LogP contribution in [0.4, 0.5) is 5.88 Å². The Morgan fingerprint density at radius 3 is 2.48 bits per heavy atom. The second-order valence-electron chi connectivity index (χ2n) is 7.77. The first-order valence-corrected chi connectivity index (χ1v) is 12.1. The zero-order valence-corrected chi connectivity index (χ0v) is 19.6. The minimum atomic E-state index is -3.99. The van der Waals surface area contributed by atoms with Gasteiger partial charge in [-0.25, -0.2) is 8.42 Å². The van der Waals surface area contributed by atoms with E-state index in [0.717, 1.165) is 13.0 Å². The van der Waals surface area contributed by atoms with E-state index in [1.54, 1.807) is 37.4 Å². The van der Waals surface area contributed by atoms with Crippen molar-refractivity contribution in [2.75, 3.05) is 52.8 Å². The lowest BCUT2D eigenvalue weighted by molar-refractivity contribution is 0.171. The Morgan fingerprint density at radius 1 is 1.06 bits per heavy atom. The van der Waals surface area contributed by atoms with Crippen molar-refractivity contribution in [2.24, 2.45) is 0 Å². The molecular weight excluding hydrogens is 446 g/mol. The van der Waals surface area contributed by atoms with E-state index in [4.69, 9.17) is 18.6 Å². The van der Waals surface area contributed by atoms with E-state index >= 15 is 0 Å². The van der Waals surface area contributed by atoms with E-state index < -0.39 is 9.84 Å². The monoisotopic (exact) mass is 473 g/mol. The van der Waals surface area contributed by atoms with Crippen molar-refractivity contribution in [3.8, 4) is 28.7 Å². The highest BCUT2D eigenvalue weighted by Crippen LogP contribution is 2.37. The molecule has 33 heavy (non-hydrogen) atoms. The third-order valence-electron chi connectivity index (χ3n) is 5.08. The Kier molecular flexibility index (Phi) is 6.75. The van der Waals surface area contributed by atoms with E-state index in [1.807, 2.05) is 14.1 Å². The number of aromatic nitrogens is 1. The van der Waals surface area contributed by atoms with Crippen molar-refractivity contribution in [1.82, 2.24) is 9.88 Å². The molecule has 0 fully saturated rings. The first-order chi connectivity index (χ1) is 15.9. The molecule has 1 aromatic heterocycles. The van der Waals surface area contributed by atoms with Gasteiger partial charge < -0.3 is 28.8 Å². The highest BCUT2D eigenvalue weighted by atomic mass is 32.2. The fraction of sp³-hybridized carbons (Fsp3) is 0.348. The lowest BCUT2D eigenvalue weighted by Gasteiger charge is -2.18. The van der Waals surface area contributed by atoms with Gasteiger partial charge in [0, 0.05) is 18.2 Å². The van der Waals surface area contributed by atoms with Gasteiger partial charge in [0.2, 0.25) is 26.6 Å². The van der Waals surface area contributed by atoms with Crippen LogP contribution in [0.3, 0.4) is 0 Å². The number of anilines is 1. The van der Waals surface area contributed by atoms with Gasteiger partial charge in [0.15, 0.2) is 11.5 Å². The number of fused-ring (bicyclic) bond motifs is 1. The normalized spacial score (nSPS) is 13.2. The molecule has 10 heteroatoms. The summed E-state index contributed by atoms with van der Waals surface area (Å²) in [6.07, 6.45) is 0.801. The molecule has 4 rings (SSSR count). The number of rotatable bonds is 9. The van der Waals surface area contributed by atoms with Crippen LogP contribution in [-0.4, -0.2) is 65.8 Å². The van der Waals surface area contributed by atoms with Crippen molar-refractivity contribution in [3.05, 3.63) is 42.5 Å². The largest absolute Gasteiger partial charge is 0.497 e. The second-order valence-corrected chi connectivity index (χ2v) is 9.64. The van der Waals surface area contributed by atoms with Gasteiger partial charge in [-0.05, 0) is 63.5 Å². The summed E-state index contributed by atoms with van der Waals surface area (Å²) in [5.74, 6) is 1.89. The predicted molar refractivity (Wildman–Crippen MR) is 123 cm³/mol. The quantitative estimate of drug-likeness (QED) is 0.469. The van der Waals surface area contributed by atoms with Gasteiger partial charge in [0.25, 0.3) is 0 Å². The van der Waals surface area contributed by atoms with E-state index in [1.165, 1.54) is 12.1 Å². The number of benzene rings is 2. The van der Waals surface area contributed by atoms with Crippen LogP contribution in [0.5, 0.6) is 17.2 Å². The Labute approximate surface area is 193 Å². The van der Waals surface area contributed by atoms with E-state index in [2.05, 4.69) is 15.2 Å². The Morgan fingerprint density at radius 2 is 1.79 bits per heavy atom. The molecule has 0 aliphatic carbocycles. The van der Waals surface area contributed by atoms with Gasteiger partial charge in [0.1, 0.15) is 19.0 Å². The Hall–Kier alpha value is -3.24. The molecule has 0 saturated heterocycles. The molecule has 2 heterocycles. The lowest BCUT2D eigenvalue weighted by Crippen LogP contribution is -2.17. The molecule has 176 valence electrons.